The smallest absolute Gasteiger partial charge is 0.333 e. The van der Waals surface area contributed by atoms with E-state index < -0.39 is 6.55 Å². The Morgan fingerprint density at radius 1 is 1.12 bits per heavy atom. The number of halogens is 2. The van der Waals surface area contributed by atoms with E-state index in [9.17, 15) is 13.9 Å². The van der Waals surface area contributed by atoms with Crippen molar-refractivity contribution in [2.75, 3.05) is 6.61 Å². The molecule has 1 aromatic carbocycles. The molecular weight excluding hydrogens is 328 g/mol. The van der Waals surface area contributed by atoms with Crippen LogP contribution in [-0.2, 0) is 12.0 Å². The van der Waals surface area contributed by atoms with Gasteiger partial charge < -0.3 is 5.11 Å². The molecule has 0 aliphatic heterocycles. The number of aliphatic hydroxyl groups excluding tert-OH is 1. The molecular formula is C17H17F2N5O. The van der Waals surface area contributed by atoms with E-state index in [1.807, 2.05) is 30.3 Å². The summed E-state index contributed by atoms with van der Waals surface area (Å²) >= 11 is 0. The molecule has 0 atom stereocenters. The van der Waals surface area contributed by atoms with Crippen molar-refractivity contribution in [2.45, 2.75) is 31.4 Å². The summed E-state index contributed by atoms with van der Waals surface area (Å²) in [6.45, 7) is -2.60. The Morgan fingerprint density at radius 2 is 1.88 bits per heavy atom. The van der Waals surface area contributed by atoms with E-state index in [-0.39, 0.29) is 18.6 Å². The predicted octanol–water partition coefficient (Wildman–Crippen LogP) is 2.61. The minimum absolute atomic E-state index is 0.121. The Hall–Kier alpha value is -2.61. The minimum atomic E-state index is -2.71. The molecule has 0 radical (unpaired) electrons. The zero-order valence-corrected chi connectivity index (χ0v) is 13.4. The number of hydrogen-bond donors (Lipinski definition) is 1. The molecule has 1 aliphatic rings. The summed E-state index contributed by atoms with van der Waals surface area (Å²) in [6.07, 6.45) is 3.08. The number of rotatable bonds is 6. The molecule has 25 heavy (non-hydrogen) atoms. The second kappa shape index (κ2) is 6.03. The summed E-state index contributed by atoms with van der Waals surface area (Å²) in [4.78, 5) is 4.60. The van der Waals surface area contributed by atoms with E-state index in [0.717, 1.165) is 18.4 Å². The van der Waals surface area contributed by atoms with Gasteiger partial charge in [-0.05, 0) is 24.5 Å². The van der Waals surface area contributed by atoms with Gasteiger partial charge in [-0.25, -0.2) is 14.3 Å². The monoisotopic (exact) mass is 345 g/mol. The summed E-state index contributed by atoms with van der Waals surface area (Å²) in [5.74, 6) is 1.04. The van der Waals surface area contributed by atoms with Crippen LogP contribution >= 0.6 is 0 Å². The average molecular weight is 345 g/mol. The number of nitrogens with zero attached hydrogens (tertiary/aromatic N) is 5. The second-order valence-corrected chi connectivity index (χ2v) is 6.11. The maximum atomic E-state index is 12.8. The third kappa shape index (κ3) is 2.72. The van der Waals surface area contributed by atoms with Crippen molar-refractivity contribution < 1.29 is 13.9 Å². The Balaban J connectivity index is 1.76. The Morgan fingerprint density at radius 3 is 2.48 bits per heavy atom. The topological polar surface area (TPSA) is 68.8 Å². The van der Waals surface area contributed by atoms with E-state index in [4.69, 9.17) is 0 Å². The molecule has 0 amide bonds. The largest absolute Gasteiger partial charge is 0.394 e. The standard InChI is InChI=1S/C17H17F2N5O/c18-16(19)24-9-6-13(21-24)14-20-15(22-23(14)10-11-25)17(7-8-17)12-4-2-1-3-5-12/h1-6,9,16,25H,7-8,10-11H2. The van der Waals surface area contributed by atoms with Gasteiger partial charge in [-0.15, -0.1) is 0 Å². The maximum absolute atomic E-state index is 12.8. The predicted molar refractivity (Wildman–Crippen MR) is 86.0 cm³/mol. The normalized spacial score (nSPS) is 15.7. The van der Waals surface area contributed by atoms with Gasteiger partial charge in [0.1, 0.15) is 5.69 Å². The molecule has 4 rings (SSSR count). The summed E-state index contributed by atoms with van der Waals surface area (Å²) in [7, 11) is 0. The maximum Gasteiger partial charge on any atom is 0.333 e. The van der Waals surface area contributed by atoms with Gasteiger partial charge in [0.25, 0.3) is 0 Å². The van der Waals surface area contributed by atoms with Crippen molar-refractivity contribution in [3.63, 3.8) is 0 Å². The summed E-state index contributed by atoms with van der Waals surface area (Å²) < 4.78 is 27.7. The summed E-state index contributed by atoms with van der Waals surface area (Å²) in [6, 6.07) is 11.5. The van der Waals surface area contributed by atoms with Crippen LogP contribution in [0, 0.1) is 0 Å². The molecule has 1 saturated carbocycles. The van der Waals surface area contributed by atoms with E-state index >= 15 is 0 Å². The summed E-state index contributed by atoms with van der Waals surface area (Å²) in [5.41, 5.74) is 1.22. The molecule has 1 aliphatic carbocycles. The lowest BCUT2D eigenvalue weighted by molar-refractivity contribution is 0.0568. The van der Waals surface area contributed by atoms with Crippen molar-refractivity contribution >= 4 is 0 Å². The van der Waals surface area contributed by atoms with E-state index in [0.29, 0.717) is 22.0 Å². The highest BCUT2D eigenvalue weighted by atomic mass is 19.3. The fourth-order valence-corrected chi connectivity index (χ4v) is 3.07. The Kier molecular flexibility index (Phi) is 3.84. The van der Waals surface area contributed by atoms with Crippen LogP contribution in [0.3, 0.4) is 0 Å². The number of aliphatic hydroxyl groups is 1. The van der Waals surface area contributed by atoms with E-state index in [1.165, 1.54) is 16.9 Å². The number of benzene rings is 1. The van der Waals surface area contributed by atoms with Crippen molar-refractivity contribution in [1.29, 1.82) is 0 Å². The van der Waals surface area contributed by atoms with Gasteiger partial charge >= 0.3 is 6.55 Å². The van der Waals surface area contributed by atoms with Crippen LogP contribution in [0.25, 0.3) is 11.5 Å². The number of hydrogen-bond acceptors (Lipinski definition) is 4. The molecule has 2 aromatic heterocycles. The van der Waals surface area contributed by atoms with Crippen molar-refractivity contribution in [2.24, 2.45) is 0 Å². The van der Waals surface area contributed by atoms with Crippen LogP contribution < -0.4 is 0 Å². The zero-order chi connectivity index (χ0) is 17.4. The molecule has 2 heterocycles. The molecule has 6 nitrogen and oxygen atoms in total. The lowest BCUT2D eigenvalue weighted by Gasteiger charge is -2.11. The first-order chi connectivity index (χ1) is 12.1. The highest BCUT2D eigenvalue weighted by Crippen LogP contribution is 2.52. The molecule has 3 aromatic rings. The zero-order valence-electron chi connectivity index (χ0n) is 13.4. The molecule has 0 saturated heterocycles. The first kappa shape index (κ1) is 15.9. The molecule has 0 unspecified atom stereocenters. The first-order valence-electron chi connectivity index (χ1n) is 8.09. The molecule has 1 N–H and O–H groups in total. The van der Waals surface area contributed by atoms with Crippen molar-refractivity contribution in [3.8, 4) is 11.5 Å². The van der Waals surface area contributed by atoms with Gasteiger partial charge in [-0.1, -0.05) is 30.3 Å². The lowest BCUT2D eigenvalue weighted by atomic mass is 9.95. The molecule has 0 bridgehead atoms. The molecule has 1 fully saturated rings. The van der Waals surface area contributed by atoms with Gasteiger partial charge in [-0.2, -0.15) is 19.0 Å². The third-order valence-corrected chi connectivity index (χ3v) is 4.53. The second-order valence-electron chi connectivity index (χ2n) is 6.11. The quantitative estimate of drug-likeness (QED) is 0.746. The molecule has 0 spiro atoms. The molecule has 8 heteroatoms. The Bertz CT molecular complexity index is 870. The van der Waals surface area contributed by atoms with Gasteiger partial charge in [0.2, 0.25) is 0 Å². The summed E-state index contributed by atoms with van der Waals surface area (Å²) in [5, 5.41) is 17.7. The van der Waals surface area contributed by atoms with Crippen LogP contribution in [0.2, 0.25) is 0 Å². The van der Waals surface area contributed by atoms with Crippen LogP contribution in [0.4, 0.5) is 8.78 Å². The van der Waals surface area contributed by atoms with Gasteiger partial charge in [0.15, 0.2) is 11.6 Å². The minimum Gasteiger partial charge on any atom is -0.394 e. The first-order valence-corrected chi connectivity index (χ1v) is 8.09. The van der Waals surface area contributed by atoms with Crippen LogP contribution in [-0.4, -0.2) is 36.3 Å². The van der Waals surface area contributed by atoms with Gasteiger partial charge in [0.05, 0.1) is 18.6 Å². The van der Waals surface area contributed by atoms with Crippen LogP contribution in [0.1, 0.15) is 30.8 Å². The van der Waals surface area contributed by atoms with Gasteiger partial charge in [0, 0.05) is 6.20 Å². The fourth-order valence-electron chi connectivity index (χ4n) is 3.07. The Labute approximate surface area is 142 Å². The third-order valence-electron chi connectivity index (χ3n) is 4.53. The SMILES string of the molecule is OCCn1nc(C2(c3ccccc3)CC2)nc1-c1ccn(C(F)F)n1. The van der Waals surface area contributed by atoms with Crippen molar-refractivity contribution in [1.82, 2.24) is 24.5 Å². The van der Waals surface area contributed by atoms with Crippen LogP contribution in [0.15, 0.2) is 42.6 Å². The number of alkyl halides is 2. The van der Waals surface area contributed by atoms with Gasteiger partial charge in [-0.3, -0.25) is 0 Å². The van der Waals surface area contributed by atoms with Crippen molar-refractivity contribution in [3.05, 3.63) is 54.0 Å². The highest BCUT2D eigenvalue weighted by molar-refractivity contribution is 5.50. The highest BCUT2D eigenvalue weighted by Gasteiger charge is 2.49. The number of aromatic nitrogens is 5. The fraction of sp³-hybridized carbons (Fsp3) is 0.353. The lowest BCUT2D eigenvalue weighted by Crippen LogP contribution is -2.12. The van der Waals surface area contributed by atoms with Crippen LogP contribution in [0.5, 0.6) is 0 Å². The van der Waals surface area contributed by atoms with E-state index in [2.05, 4.69) is 15.2 Å². The molecule has 130 valence electrons. The average Bonchev–Trinajstić information content (AvgIpc) is 3.09. The van der Waals surface area contributed by atoms with E-state index in [1.54, 1.807) is 0 Å².